The van der Waals surface area contributed by atoms with Crippen molar-refractivity contribution in [2.75, 3.05) is 23.7 Å². The number of sulfone groups is 1. The van der Waals surface area contributed by atoms with E-state index in [0.29, 0.717) is 37.2 Å². The van der Waals surface area contributed by atoms with Crippen LogP contribution in [0.2, 0.25) is 5.02 Å². The molecule has 1 amide bonds. The van der Waals surface area contributed by atoms with Crippen LogP contribution in [-0.2, 0) is 22.4 Å². The average Bonchev–Trinajstić information content (AvgIpc) is 3.03. The van der Waals surface area contributed by atoms with Gasteiger partial charge >= 0.3 is 6.18 Å². The van der Waals surface area contributed by atoms with Gasteiger partial charge in [-0.2, -0.15) is 13.2 Å². The van der Waals surface area contributed by atoms with E-state index in [0.717, 1.165) is 18.2 Å². The Kier molecular flexibility index (Phi) is 9.51. The predicted octanol–water partition coefficient (Wildman–Crippen LogP) is 6.10. The Morgan fingerprint density at radius 1 is 0.933 bits per heavy atom. The number of carbonyl (C=O) groups excluding carboxylic acids is 2. The molecule has 2 heterocycles. The van der Waals surface area contributed by atoms with Crippen molar-refractivity contribution in [2.24, 2.45) is 0 Å². The number of anilines is 3. The molecular formula is C31H27ClF3N5O4S. The molecular weight excluding hydrogens is 631 g/mol. The average molecular weight is 658 g/mol. The molecule has 0 aliphatic carbocycles. The molecule has 0 saturated carbocycles. The van der Waals surface area contributed by atoms with E-state index >= 15 is 0 Å². The third-order valence-corrected chi connectivity index (χ3v) is 9.82. The van der Waals surface area contributed by atoms with Gasteiger partial charge in [0.1, 0.15) is 0 Å². The van der Waals surface area contributed by atoms with Crippen molar-refractivity contribution in [3.8, 4) is 0 Å². The second-order valence-electron chi connectivity index (χ2n) is 10.4. The van der Waals surface area contributed by atoms with Crippen LogP contribution in [0.1, 0.15) is 44.7 Å². The summed E-state index contributed by atoms with van der Waals surface area (Å²) in [6.45, 7) is 1.35. The standard InChI is InChI=1S/C31H27ClF3N5O4S/c32-27-9-6-23(39-29(42)20-2-1-3-21(15-20)31(33,34)35)16-26(27)28(41)14-19-17-37-30(38-18-19)40-22-4-7-24(8-5-22)45(43,44)25-10-12-36-13-11-25/h1-9,15-18,25,36H,10-14H2,(H,39,42)(H,37,38,40). The van der Waals surface area contributed by atoms with Gasteiger partial charge in [0, 0.05) is 41.3 Å². The summed E-state index contributed by atoms with van der Waals surface area (Å²) in [6.07, 6.45) is -0.663. The van der Waals surface area contributed by atoms with E-state index in [9.17, 15) is 31.2 Å². The molecule has 0 atom stereocenters. The van der Waals surface area contributed by atoms with E-state index in [1.54, 1.807) is 24.3 Å². The third kappa shape index (κ3) is 7.85. The number of ketones is 1. The summed E-state index contributed by atoms with van der Waals surface area (Å²) in [7, 11) is -3.42. The van der Waals surface area contributed by atoms with E-state index < -0.39 is 38.5 Å². The lowest BCUT2D eigenvalue weighted by Gasteiger charge is -2.22. The van der Waals surface area contributed by atoms with Crippen LogP contribution < -0.4 is 16.0 Å². The number of halogens is 4. The molecule has 1 saturated heterocycles. The molecule has 45 heavy (non-hydrogen) atoms. The summed E-state index contributed by atoms with van der Waals surface area (Å²) in [5.41, 5.74) is 0.177. The number of hydrogen-bond acceptors (Lipinski definition) is 8. The van der Waals surface area contributed by atoms with Crippen LogP contribution in [-0.4, -0.2) is 48.4 Å². The normalized spacial score (nSPS) is 14.1. The Bertz CT molecular complexity index is 1810. The van der Waals surface area contributed by atoms with Gasteiger partial charge in [0.25, 0.3) is 5.91 Å². The Morgan fingerprint density at radius 3 is 2.27 bits per heavy atom. The highest BCUT2D eigenvalue weighted by molar-refractivity contribution is 7.92. The lowest BCUT2D eigenvalue weighted by Crippen LogP contribution is -2.35. The molecule has 9 nitrogen and oxygen atoms in total. The summed E-state index contributed by atoms with van der Waals surface area (Å²) in [4.78, 5) is 34.4. The van der Waals surface area contributed by atoms with E-state index in [2.05, 4.69) is 25.9 Å². The van der Waals surface area contributed by atoms with Crippen molar-refractivity contribution in [2.45, 2.75) is 35.6 Å². The van der Waals surface area contributed by atoms with Crippen LogP contribution in [0.5, 0.6) is 0 Å². The summed E-state index contributed by atoms with van der Waals surface area (Å²) in [6, 6.07) is 14.5. The number of benzene rings is 3. The zero-order chi connectivity index (χ0) is 32.2. The van der Waals surface area contributed by atoms with Crippen molar-refractivity contribution in [3.63, 3.8) is 0 Å². The maximum atomic E-state index is 13.1. The number of nitrogens with zero attached hydrogens (tertiary/aromatic N) is 2. The first-order valence-corrected chi connectivity index (χ1v) is 15.8. The highest BCUT2D eigenvalue weighted by Crippen LogP contribution is 2.30. The summed E-state index contributed by atoms with van der Waals surface area (Å²) < 4.78 is 64.9. The first kappa shape index (κ1) is 32.1. The maximum absolute atomic E-state index is 13.1. The monoisotopic (exact) mass is 657 g/mol. The molecule has 3 aromatic carbocycles. The number of Topliss-reactive ketones (excluding diaryl/α,β-unsaturated/α-hetero) is 1. The smallest absolute Gasteiger partial charge is 0.324 e. The Morgan fingerprint density at radius 2 is 1.60 bits per heavy atom. The van der Waals surface area contributed by atoms with Gasteiger partial charge in [0.15, 0.2) is 15.6 Å². The van der Waals surface area contributed by atoms with Gasteiger partial charge in [-0.25, -0.2) is 18.4 Å². The minimum atomic E-state index is -4.60. The van der Waals surface area contributed by atoms with E-state index in [1.165, 1.54) is 36.7 Å². The van der Waals surface area contributed by atoms with Gasteiger partial charge in [0.05, 0.1) is 20.7 Å². The first-order valence-electron chi connectivity index (χ1n) is 13.8. The third-order valence-electron chi connectivity index (χ3n) is 7.21. The van der Waals surface area contributed by atoms with Gasteiger partial charge in [-0.05, 0) is 92.2 Å². The molecule has 1 fully saturated rings. The molecule has 1 aromatic heterocycles. The molecule has 0 radical (unpaired) electrons. The summed E-state index contributed by atoms with van der Waals surface area (Å²) in [5.74, 6) is -0.945. The molecule has 0 unspecified atom stereocenters. The summed E-state index contributed by atoms with van der Waals surface area (Å²) in [5, 5.41) is 8.38. The van der Waals surface area contributed by atoms with Crippen LogP contribution in [0.15, 0.2) is 84.0 Å². The molecule has 1 aliphatic rings. The zero-order valence-corrected chi connectivity index (χ0v) is 25.1. The number of alkyl halides is 3. The second-order valence-corrected chi connectivity index (χ2v) is 13.0. The van der Waals surface area contributed by atoms with Crippen molar-refractivity contribution < 1.29 is 31.2 Å². The van der Waals surface area contributed by atoms with Gasteiger partial charge in [-0.15, -0.1) is 0 Å². The fraction of sp³-hybridized carbons (Fsp3) is 0.226. The quantitative estimate of drug-likeness (QED) is 0.184. The summed E-state index contributed by atoms with van der Waals surface area (Å²) >= 11 is 6.24. The fourth-order valence-corrected chi connectivity index (χ4v) is 6.78. The Balaban J connectivity index is 1.21. The number of piperidine rings is 1. The SMILES string of the molecule is O=C(Nc1ccc(Cl)c(C(=O)Cc2cnc(Nc3ccc(S(=O)(=O)C4CCNCC4)cc3)nc2)c1)c1cccc(C(F)(F)F)c1. The number of hydrogen-bond donors (Lipinski definition) is 3. The van der Waals surface area contributed by atoms with E-state index in [1.807, 2.05) is 0 Å². The molecule has 234 valence electrons. The van der Waals surface area contributed by atoms with E-state index in [4.69, 9.17) is 11.6 Å². The second kappa shape index (κ2) is 13.3. The van der Waals surface area contributed by atoms with Crippen molar-refractivity contribution in [1.82, 2.24) is 15.3 Å². The Labute approximate surface area is 262 Å². The molecule has 0 bridgehead atoms. The fourth-order valence-electron chi connectivity index (χ4n) is 4.80. The van der Waals surface area contributed by atoms with Gasteiger partial charge in [-0.3, -0.25) is 9.59 Å². The minimum Gasteiger partial charge on any atom is -0.324 e. The lowest BCUT2D eigenvalue weighted by molar-refractivity contribution is -0.137. The van der Waals surface area contributed by atoms with Crippen LogP contribution in [0, 0.1) is 0 Å². The highest BCUT2D eigenvalue weighted by atomic mass is 35.5. The van der Waals surface area contributed by atoms with Gasteiger partial charge in [-0.1, -0.05) is 17.7 Å². The zero-order valence-electron chi connectivity index (χ0n) is 23.6. The molecule has 1 aliphatic heterocycles. The number of nitrogens with one attached hydrogen (secondary N) is 3. The first-order chi connectivity index (χ1) is 21.4. The van der Waals surface area contributed by atoms with Crippen LogP contribution in [0.25, 0.3) is 0 Å². The van der Waals surface area contributed by atoms with Crippen LogP contribution in [0.4, 0.5) is 30.5 Å². The molecule has 4 aromatic rings. The van der Waals surface area contributed by atoms with Crippen molar-refractivity contribution >= 4 is 50.5 Å². The van der Waals surface area contributed by atoms with Crippen LogP contribution >= 0.6 is 11.6 Å². The number of amides is 1. The molecule has 0 spiro atoms. The number of carbonyl (C=O) groups is 2. The van der Waals surface area contributed by atoms with Crippen LogP contribution in [0.3, 0.4) is 0 Å². The van der Waals surface area contributed by atoms with Gasteiger partial charge < -0.3 is 16.0 Å². The molecule has 5 rings (SSSR count). The predicted molar refractivity (Wildman–Crippen MR) is 164 cm³/mol. The molecule has 14 heteroatoms. The topological polar surface area (TPSA) is 130 Å². The molecule has 3 N–H and O–H groups in total. The Hall–Kier alpha value is -4.33. The van der Waals surface area contributed by atoms with Crippen molar-refractivity contribution in [3.05, 3.63) is 106 Å². The van der Waals surface area contributed by atoms with Gasteiger partial charge in [0.2, 0.25) is 5.95 Å². The van der Waals surface area contributed by atoms with Crippen molar-refractivity contribution in [1.29, 1.82) is 0 Å². The van der Waals surface area contributed by atoms with E-state index in [-0.39, 0.29) is 39.1 Å². The number of aromatic nitrogens is 2. The largest absolute Gasteiger partial charge is 0.416 e. The minimum absolute atomic E-state index is 0.0974. The lowest BCUT2D eigenvalue weighted by atomic mass is 10.0. The maximum Gasteiger partial charge on any atom is 0.416 e. The number of rotatable bonds is 9. The highest BCUT2D eigenvalue weighted by Gasteiger charge is 2.31.